The molecule has 0 radical (unpaired) electrons. The summed E-state index contributed by atoms with van der Waals surface area (Å²) in [6.45, 7) is 5.47. The van der Waals surface area contributed by atoms with Crippen molar-refractivity contribution in [3.63, 3.8) is 0 Å². The third-order valence-corrected chi connectivity index (χ3v) is 5.70. The maximum atomic E-state index is 13.1. The average molecular weight is 347 g/mol. The largest absolute Gasteiger partial charge is 0.348 e. The Bertz CT molecular complexity index is 656. The molecule has 2 fully saturated rings. The van der Waals surface area contributed by atoms with Crippen molar-refractivity contribution in [3.05, 3.63) is 18.0 Å². The van der Waals surface area contributed by atoms with Crippen molar-refractivity contribution in [2.75, 3.05) is 40.3 Å². The molecule has 2 saturated heterocycles. The van der Waals surface area contributed by atoms with Crippen molar-refractivity contribution in [2.45, 2.75) is 26.3 Å². The van der Waals surface area contributed by atoms with Crippen LogP contribution >= 0.6 is 0 Å². The Hall–Kier alpha value is -1.89. The maximum absolute atomic E-state index is 13.1. The van der Waals surface area contributed by atoms with Crippen molar-refractivity contribution in [2.24, 2.45) is 18.4 Å². The van der Waals surface area contributed by atoms with E-state index < -0.39 is 0 Å². The molecule has 3 rings (SSSR count). The molecular weight excluding hydrogens is 318 g/mol. The zero-order chi connectivity index (χ0) is 18.2. The predicted molar refractivity (Wildman–Crippen MR) is 94.6 cm³/mol. The van der Waals surface area contributed by atoms with Crippen LogP contribution in [0.1, 0.15) is 25.3 Å². The number of hydrogen-bond acceptors (Lipinski definition) is 4. The van der Waals surface area contributed by atoms with E-state index in [1.807, 2.05) is 43.1 Å². The van der Waals surface area contributed by atoms with Gasteiger partial charge in [0.25, 0.3) is 0 Å². The topological polar surface area (TPSA) is 61.7 Å². The van der Waals surface area contributed by atoms with Gasteiger partial charge in [-0.15, -0.1) is 0 Å². The predicted octanol–water partition coefficient (Wildman–Crippen LogP) is 0.569. The fourth-order valence-electron chi connectivity index (χ4n) is 4.55. The Morgan fingerprint density at radius 1 is 1.36 bits per heavy atom. The van der Waals surface area contributed by atoms with Crippen LogP contribution in [0.3, 0.4) is 0 Å². The first-order valence-corrected chi connectivity index (χ1v) is 8.99. The molecule has 25 heavy (non-hydrogen) atoms. The van der Waals surface area contributed by atoms with Gasteiger partial charge in [-0.1, -0.05) is 0 Å². The third kappa shape index (κ3) is 3.42. The van der Waals surface area contributed by atoms with E-state index in [2.05, 4.69) is 10.00 Å². The summed E-state index contributed by atoms with van der Waals surface area (Å²) < 4.78 is 1.81. The second-order valence-electron chi connectivity index (χ2n) is 7.81. The highest BCUT2D eigenvalue weighted by Crippen LogP contribution is 2.44. The first kappa shape index (κ1) is 17.9. The molecule has 0 saturated carbocycles. The van der Waals surface area contributed by atoms with Crippen LogP contribution in [0.5, 0.6) is 0 Å². The second-order valence-corrected chi connectivity index (χ2v) is 7.81. The number of likely N-dealkylation sites (tertiary alicyclic amines) is 2. The Balaban J connectivity index is 1.84. The van der Waals surface area contributed by atoms with Crippen molar-refractivity contribution >= 4 is 11.8 Å². The van der Waals surface area contributed by atoms with Crippen LogP contribution in [0.4, 0.5) is 0 Å². The van der Waals surface area contributed by atoms with Crippen molar-refractivity contribution in [1.82, 2.24) is 24.5 Å². The zero-order valence-corrected chi connectivity index (χ0v) is 15.7. The van der Waals surface area contributed by atoms with E-state index in [4.69, 9.17) is 0 Å². The molecule has 1 aromatic rings. The molecule has 2 amide bonds. The fraction of sp³-hybridized carbons (Fsp3) is 0.722. The summed E-state index contributed by atoms with van der Waals surface area (Å²) in [5.41, 5.74) is 0.783. The molecule has 0 aliphatic carbocycles. The summed E-state index contributed by atoms with van der Waals surface area (Å²) in [5, 5.41) is 4.24. The number of aromatic nitrogens is 2. The SMILES string of the molecule is CC(=O)N1CCC[C@]2(C(=O)N(C)C)CN(Cc3cnn(C)c3)C[C@@H]2C1. The summed E-state index contributed by atoms with van der Waals surface area (Å²) in [4.78, 5) is 31.0. The lowest BCUT2D eigenvalue weighted by molar-refractivity contribution is -0.142. The number of amides is 2. The Labute approximate surface area is 149 Å². The molecule has 138 valence electrons. The first-order valence-electron chi connectivity index (χ1n) is 8.99. The van der Waals surface area contributed by atoms with E-state index in [0.717, 1.165) is 44.6 Å². The molecule has 0 bridgehead atoms. The van der Waals surface area contributed by atoms with Gasteiger partial charge < -0.3 is 9.80 Å². The molecule has 2 atom stereocenters. The van der Waals surface area contributed by atoms with Gasteiger partial charge in [-0.2, -0.15) is 5.10 Å². The molecule has 3 heterocycles. The van der Waals surface area contributed by atoms with Crippen LogP contribution in [0, 0.1) is 11.3 Å². The van der Waals surface area contributed by atoms with E-state index in [0.29, 0.717) is 6.54 Å². The number of rotatable bonds is 3. The average Bonchev–Trinajstić information content (AvgIpc) is 3.04. The summed E-state index contributed by atoms with van der Waals surface area (Å²) in [6, 6.07) is 0. The van der Waals surface area contributed by atoms with E-state index in [-0.39, 0.29) is 23.1 Å². The minimum atomic E-state index is -0.379. The van der Waals surface area contributed by atoms with Gasteiger partial charge in [-0.25, -0.2) is 0 Å². The summed E-state index contributed by atoms with van der Waals surface area (Å²) in [7, 11) is 5.59. The van der Waals surface area contributed by atoms with Gasteiger partial charge in [0.2, 0.25) is 11.8 Å². The lowest BCUT2D eigenvalue weighted by Gasteiger charge is -2.34. The van der Waals surface area contributed by atoms with Gasteiger partial charge in [0.1, 0.15) is 0 Å². The quantitative estimate of drug-likeness (QED) is 0.802. The number of fused-ring (bicyclic) bond motifs is 1. The molecule has 0 aromatic carbocycles. The van der Waals surface area contributed by atoms with E-state index in [1.165, 1.54) is 0 Å². The van der Waals surface area contributed by atoms with Gasteiger partial charge in [0, 0.05) is 78.5 Å². The van der Waals surface area contributed by atoms with Crippen molar-refractivity contribution in [3.8, 4) is 0 Å². The van der Waals surface area contributed by atoms with Gasteiger partial charge in [-0.05, 0) is 12.8 Å². The fourth-order valence-corrected chi connectivity index (χ4v) is 4.55. The lowest BCUT2D eigenvalue weighted by atomic mass is 9.74. The van der Waals surface area contributed by atoms with Crippen LogP contribution < -0.4 is 0 Å². The highest BCUT2D eigenvalue weighted by molar-refractivity contribution is 5.84. The standard InChI is InChI=1S/C18H29N5O2/c1-14(24)23-7-5-6-18(17(25)20(2)3)13-22(11-16(18)12-23)10-15-8-19-21(4)9-15/h8-9,16H,5-7,10-13H2,1-4H3/t16-,18+/m1/s1. The van der Waals surface area contributed by atoms with Gasteiger partial charge >= 0.3 is 0 Å². The second kappa shape index (κ2) is 6.78. The van der Waals surface area contributed by atoms with Gasteiger partial charge in [-0.3, -0.25) is 19.2 Å². The lowest BCUT2D eigenvalue weighted by Crippen LogP contribution is -2.47. The highest BCUT2D eigenvalue weighted by Gasteiger charge is 2.53. The molecule has 0 spiro atoms. The Morgan fingerprint density at radius 2 is 2.12 bits per heavy atom. The maximum Gasteiger partial charge on any atom is 0.229 e. The molecule has 1 aromatic heterocycles. The molecular formula is C18H29N5O2. The third-order valence-electron chi connectivity index (χ3n) is 5.70. The number of nitrogens with zero attached hydrogens (tertiary/aromatic N) is 5. The zero-order valence-electron chi connectivity index (χ0n) is 15.7. The molecule has 2 aliphatic rings. The molecule has 7 heteroatoms. The van der Waals surface area contributed by atoms with Crippen LogP contribution in [0.15, 0.2) is 12.4 Å². The molecule has 2 aliphatic heterocycles. The van der Waals surface area contributed by atoms with Crippen LogP contribution in [0.2, 0.25) is 0 Å². The summed E-state index contributed by atoms with van der Waals surface area (Å²) >= 11 is 0. The van der Waals surface area contributed by atoms with Crippen LogP contribution in [-0.4, -0.2) is 76.6 Å². The number of hydrogen-bond donors (Lipinski definition) is 0. The molecule has 0 unspecified atom stereocenters. The molecule has 7 nitrogen and oxygen atoms in total. The monoisotopic (exact) mass is 347 g/mol. The summed E-state index contributed by atoms with van der Waals surface area (Å²) in [6.07, 6.45) is 5.64. The minimum Gasteiger partial charge on any atom is -0.348 e. The van der Waals surface area contributed by atoms with Crippen LogP contribution in [0.25, 0.3) is 0 Å². The first-order chi connectivity index (χ1) is 11.8. The number of carbonyl (C=O) groups is 2. The Morgan fingerprint density at radius 3 is 2.72 bits per heavy atom. The van der Waals surface area contributed by atoms with E-state index in [9.17, 15) is 9.59 Å². The van der Waals surface area contributed by atoms with Crippen LogP contribution in [-0.2, 0) is 23.2 Å². The number of aryl methyl sites for hydroxylation is 1. The normalized spacial score (nSPS) is 27.0. The van der Waals surface area contributed by atoms with Crippen molar-refractivity contribution < 1.29 is 9.59 Å². The van der Waals surface area contributed by atoms with Gasteiger partial charge in [0.05, 0.1) is 11.6 Å². The Kier molecular flexibility index (Phi) is 4.86. The van der Waals surface area contributed by atoms with Crippen molar-refractivity contribution in [1.29, 1.82) is 0 Å². The highest BCUT2D eigenvalue weighted by atomic mass is 16.2. The van der Waals surface area contributed by atoms with E-state index >= 15 is 0 Å². The smallest absolute Gasteiger partial charge is 0.229 e. The minimum absolute atomic E-state index is 0.110. The van der Waals surface area contributed by atoms with Gasteiger partial charge in [0.15, 0.2) is 0 Å². The number of carbonyl (C=O) groups excluding carboxylic acids is 2. The summed E-state index contributed by atoms with van der Waals surface area (Å²) in [5.74, 6) is 0.501. The molecule has 0 N–H and O–H groups in total. The van der Waals surface area contributed by atoms with E-state index in [1.54, 1.807) is 11.8 Å².